The number of amides is 1. The van der Waals surface area contributed by atoms with Gasteiger partial charge in [-0.1, -0.05) is 53.7 Å². The standard InChI is InChI=1S/C20H16N2O5/c23-19(24)17-11-27-22-18(17)9-21-20(25)26-10-16-14-7-3-1-5-12(14)13-6-2-4-8-15(13)16/h1-8,11,16H,9-10H2,(H,21,25)(H,23,24). The maximum Gasteiger partial charge on any atom is 0.407 e. The molecule has 0 fully saturated rings. The first-order valence-electron chi connectivity index (χ1n) is 8.40. The highest BCUT2D eigenvalue weighted by Crippen LogP contribution is 2.44. The Balaban J connectivity index is 1.42. The summed E-state index contributed by atoms with van der Waals surface area (Å²) in [6, 6.07) is 16.1. The Morgan fingerprint density at radius 3 is 2.33 bits per heavy atom. The van der Waals surface area contributed by atoms with Gasteiger partial charge in [-0.25, -0.2) is 9.59 Å². The third-order valence-electron chi connectivity index (χ3n) is 4.62. The zero-order valence-electron chi connectivity index (χ0n) is 14.2. The van der Waals surface area contributed by atoms with Crippen molar-refractivity contribution in [3.05, 3.63) is 77.2 Å². The topological polar surface area (TPSA) is 102 Å². The van der Waals surface area contributed by atoms with Crippen LogP contribution in [-0.2, 0) is 11.3 Å². The first-order chi connectivity index (χ1) is 13.1. The molecule has 0 bridgehead atoms. The lowest BCUT2D eigenvalue weighted by atomic mass is 9.98. The number of rotatable bonds is 5. The van der Waals surface area contributed by atoms with Gasteiger partial charge < -0.3 is 19.7 Å². The number of fused-ring (bicyclic) bond motifs is 3. The number of ether oxygens (including phenoxy) is 1. The van der Waals surface area contributed by atoms with E-state index in [4.69, 9.17) is 9.84 Å². The van der Waals surface area contributed by atoms with Crippen molar-refractivity contribution < 1.29 is 24.0 Å². The van der Waals surface area contributed by atoms with Crippen LogP contribution in [0.5, 0.6) is 0 Å². The second-order valence-electron chi connectivity index (χ2n) is 6.16. The fourth-order valence-corrected chi connectivity index (χ4v) is 3.37. The Labute approximate surface area is 154 Å². The number of benzene rings is 2. The number of nitrogens with one attached hydrogen (secondary N) is 1. The van der Waals surface area contributed by atoms with Crippen LogP contribution in [0, 0.1) is 0 Å². The lowest BCUT2D eigenvalue weighted by Crippen LogP contribution is -2.26. The van der Waals surface area contributed by atoms with Gasteiger partial charge in [0, 0.05) is 5.92 Å². The van der Waals surface area contributed by atoms with E-state index in [1.165, 1.54) is 0 Å². The molecule has 1 aromatic heterocycles. The molecule has 1 amide bonds. The van der Waals surface area contributed by atoms with E-state index in [-0.39, 0.29) is 30.3 Å². The predicted molar refractivity (Wildman–Crippen MR) is 95.4 cm³/mol. The average molecular weight is 364 g/mol. The van der Waals surface area contributed by atoms with Gasteiger partial charge in [0.15, 0.2) is 0 Å². The number of carboxylic acids is 1. The van der Waals surface area contributed by atoms with Gasteiger partial charge in [-0.3, -0.25) is 0 Å². The molecule has 0 atom stereocenters. The van der Waals surface area contributed by atoms with Crippen LogP contribution in [0.25, 0.3) is 11.1 Å². The number of carbonyl (C=O) groups is 2. The van der Waals surface area contributed by atoms with E-state index in [9.17, 15) is 9.59 Å². The molecule has 27 heavy (non-hydrogen) atoms. The fraction of sp³-hybridized carbons (Fsp3) is 0.150. The van der Waals surface area contributed by atoms with Crippen LogP contribution in [0.15, 0.2) is 59.3 Å². The first-order valence-corrected chi connectivity index (χ1v) is 8.40. The van der Waals surface area contributed by atoms with Crippen LogP contribution in [0.4, 0.5) is 4.79 Å². The van der Waals surface area contributed by atoms with Crippen molar-refractivity contribution in [3.8, 4) is 11.1 Å². The molecule has 136 valence electrons. The molecule has 3 aromatic rings. The van der Waals surface area contributed by atoms with E-state index in [1.54, 1.807) is 0 Å². The summed E-state index contributed by atoms with van der Waals surface area (Å²) in [7, 11) is 0. The molecule has 0 radical (unpaired) electrons. The van der Waals surface area contributed by atoms with E-state index in [0.29, 0.717) is 0 Å². The molecule has 1 heterocycles. The Kier molecular flexibility index (Phi) is 4.33. The summed E-state index contributed by atoms with van der Waals surface area (Å²) in [6.07, 6.45) is 0.382. The largest absolute Gasteiger partial charge is 0.478 e. The van der Waals surface area contributed by atoms with E-state index in [1.807, 2.05) is 36.4 Å². The summed E-state index contributed by atoms with van der Waals surface area (Å²) in [4.78, 5) is 23.1. The molecule has 7 heteroatoms. The van der Waals surface area contributed by atoms with Crippen molar-refractivity contribution in [2.24, 2.45) is 0 Å². The summed E-state index contributed by atoms with van der Waals surface area (Å²) >= 11 is 0. The summed E-state index contributed by atoms with van der Waals surface area (Å²) < 4.78 is 10.0. The van der Waals surface area contributed by atoms with Crippen LogP contribution in [0.1, 0.15) is 33.1 Å². The van der Waals surface area contributed by atoms with Gasteiger partial charge in [-0.2, -0.15) is 0 Å². The van der Waals surface area contributed by atoms with Gasteiger partial charge in [0.2, 0.25) is 0 Å². The van der Waals surface area contributed by atoms with Crippen LogP contribution >= 0.6 is 0 Å². The Hall–Kier alpha value is -3.61. The highest BCUT2D eigenvalue weighted by Gasteiger charge is 2.29. The van der Waals surface area contributed by atoms with Crippen molar-refractivity contribution >= 4 is 12.1 Å². The normalized spacial score (nSPS) is 12.3. The zero-order chi connectivity index (χ0) is 18.8. The lowest BCUT2D eigenvalue weighted by molar-refractivity contribution is 0.0694. The minimum atomic E-state index is -1.17. The minimum absolute atomic E-state index is 0.0372. The van der Waals surface area contributed by atoms with Crippen LogP contribution in [0.2, 0.25) is 0 Å². The van der Waals surface area contributed by atoms with E-state index >= 15 is 0 Å². The molecule has 2 N–H and O–H groups in total. The number of hydrogen-bond acceptors (Lipinski definition) is 5. The van der Waals surface area contributed by atoms with Gasteiger partial charge in [0.25, 0.3) is 0 Å². The molecular weight excluding hydrogens is 348 g/mol. The Morgan fingerprint density at radius 2 is 1.70 bits per heavy atom. The molecular formula is C20H16N2O5. The van der Waals surface area contributed by atoms with E-state index in [0.717, 1.165) is 28.5 Å². The number of hydrogen-bond donors (Lipinski definition) is 2. The van der Waals surface area contributed by atoms with Crippen molar-refractivity contribution in [1.29, 1.82) is 0 Å². The summed E-state index contributed by atoms with van der Waals surface area (Å²) in [5, 5.41) is 15.1. The molecule has 7 nitrogen and oxygen atoms in total. The van der Waals surface area contributed by atoms with E-state index < -0.39 is 12.1 Å². The zero-order valence-corrected chi connectivity index (χ0v) is 14.2. The smallest absolute Gasteiger partial charge is 0.407 e. The summed E-state index contributed by atoms with van der Waals surface area (Å²) in [5.41, 5.74) is 4.59. The number of carbonyl (C=O) groups excluding carboxylic acids is 1. The number of aromatic nitrogens is 1. The lowest BCUT2D eigenvalue weighted by Gasteiger charge is -2.14. The SMILES string of the molecule is O=C(NCc1nocc1C(=O)O)OCC1c2ccccc2-c2ccccc21. The highest BCUT2D eigenvalue weighted by atomic mass is 16.5. The molecule has 1 aliphatic rings. The number of alkyl carbamates (subject to hydrolysis) is 1. The first kappa shape index (κ1) is 16.8. The molecule has 0 spiro atoms. The predicted octanol–water partition coefficient (Wildman–Crippen LogP) is 3.41. The monoisotopic (exact) mass is 364 g/mol. The van der Waals surface area contributed by atoms with Crippen LogP contribution < -0.4 is 5.32 Å². The van der Waals surface area contributed by atoms with Gasteiger partial charge in [0.05, 0.1) is 6.54 Å². The van der Waals surface area contributed by atoms with Crippen molar-refractivity contribution in [3.63, 3.8) is 0 Å². The van der Waals surface area contributed by atoms with Gasteiger partial charge in [-0.15, -0.1) is 0 Å². The molecule has 0 aliphatic heterocycles. The maximum atomic E-state index is 12.1. The molecule has 1 aliphatic carbocycles. The Bertz CT molecular complexity index is 965. The third kappa shape index (κ3) is 3.15. The van der Waals surface area contributed by atoms with Gasteiger partial charge in [0.1, 0.15) is 24.1 Å². The second-order valence-corrected chi connectivity index (χ2v) is 6.16. The second kappa shape index (κ2) is 6.95. The van der Waals surface area contributed by atoms with Crippen LogP contribution in [-0.4, -0.2) is 28.9 Å². The van der Waals surface area contributed by atoms with Gasteiger partial charge in [-0.05, 0) is 22.3 Å². The molecule has 0 saturated heterocycles. The van der Waals surface area contributed by atoms with Crippen molar-refractivity contribution in [2.75, 3.05) is 6.61 Å². The van der Waals surface area contributed by atoms with Crippen LogP contribution in [0.3, 0.4) is 0 Å². The molecule has 4 rings (SSSR count). The van der Waals surface area contributed by atoms with E-state index in [2.05, 4.69) is 27.1 Å². The third-order valence-corrected chi connectivity index (χ3v) is 4.62. The van der Waals surface area contributed by atoms with Crippen molar-refractivity contribution in [2.45, 2.75) is 12.5 Å². The maximum absolute atomic E-state index is 12.1. The Morgan fingerprint density at radius 1 is 1.07 bits per heavy atom. The number of nitrogens with zero attached hydrogens (tertiary/aromatic N) is 1. The molecule has 0 unspecified atom stereocenters. The molecule has 2 aromatic carbocycles. The highest BCUT2D eigenvalue weighted by molar-refractivity contribution is 5.88. The average Bonchev–Trinajstić information content (AvgIpc) is 3.28. The quantitative estimate of drug-likeness (QED) is 0.719. The van der Waals surface area contributed by atoms with Crippen molar-refractivity contribution in [1.82, 2.24) is 10.5 Å². The minimum Gasteiger partial charge on any atom is -0.478 e. The number of carboxylic acid groups (broad SMARTS) is 1. The summed E-state index contributed by atoms with van der Waals surface area (Å²) in [6.45, 7) is 0.0965. The van der Waals surface area contributed by atoms with Gasteiger partial charge >= 0.3 is 12.1 Å². The number of aromatic carboxylic acids is 1. The molecule has 0 saturated carbocycles. The summed E-state index contributed by atoms with van der Waals surface area (Å²) in [5.74, 6) is -1.20. The fourth-order valence-electron chi connectivity index (χ4n) is 3.37.